The monoisotopic (exact) mass is 395 g/mol. The Balaban J connectivity index is 2.19. The Kier molecular flexibility index (Phi) is 6.49. The van der Waals surface area contributed by atoms with E-state index in [1.807, 2.05) is 13.8 Å². The van der Waals surface area contributed by atoms with Crippen molar-refractivity contribution in [2.75, 3.05) is 0 Å². The maximum absolute atomic E-state index is 12.2. The number of aromatic hydroxyl groups is 1. The highest BCUT2D eigenvalue weighted by atomic mass is 35.5. The zero-order valence-electron chi connectivity index (χ0n) is 15.3. The quantitative estimate of drug-likeness (QED) is 0.620. The van der Waals surface area contributed by atoms with Crippen molar-refractivity contribution in [2.45, 2.75) is 46.1 Å². The summed E-state index contributed by atoms with van der Waals surface area (Å²) in [6.45, 7) is 5.45. The molecule has 0 spiro atoms. The molecule has 0 radical (unpaired) electrons. The number of benzene rings is 1. The SMILES string of the molecule is Cc1c(CCC(=O)NC(CC(C)C)C(=O)O)c(=O)oc2cc(O)c(Cl)cc12. The zero-order valence-corrected chi connectivity index (χ0v) is 16.1. The lowest BCUT2D eigenvalue weighted by Crippen LogP contribution is -2.41. The van der Waals surface area contributed by atoms with Gasteiger partial charge in [0.1, 0.15) is 17.4 Å². The van der Waals surface area contributed by atoms with Crippen molar-refractivity contribution in [3.8, 4) is 5.75 Å². The number of nitrogens with one attached hydrogen (secondary N) is 1. The van der Waals surface area contributed by atoms with Crippen molar-refractivity contribution in [2.24, 2.45) is 5.92 Å². The van der Waals surface area contributed by atoms with E-state index < -0.39 is 23.5 Å². The van der Waals surface area contributed by atoms with Crippen molar-refractivity contribution in [1.29, 1.82) is 0 Å². The summed E-state index contributed by atoms with van der Waals surface area (Å²) in [5.41, 5.74) is 0.519. The number of halogens is 1. The van der Waals surface area contributed by atoms with Crippen molar-refractivity contribution in [3.05, 3.63) is 38.7 Å². The van der Waals surface area contributed by atoms with E-state index in [-0.39, 0.29) is 35.1 Å². The molecule has 0 aliphatic carbocycles. The van der Waals surface area contributed by atoms with Crippen LogP contribution in [-0.4, -0.2) is 28.1 Å². The van der Waals surface area contributed by atoms with Crippen LogP contribution in [0.5, 0.6) is 5.75 Å². The molecule has 1 amide bonds. The third kappa shape index (κ3) is 5.01. The number of fused-ring (bicyclic) bond motifs is 1. The number of aryl methyl sites for hydroxylation is 1. The van der Waals surface area contributed by atoms with Gasteiger partial charge in [-0.05, 0) is 37.3 Å². The van der Waals surface area contributed by atoms with Gasteiger partial charge in [0.25, 0.3) is 0 Å². The standard InChI is InChI=1S/C19H22ClNO6/c1-9(2)6-14(18(24)25)21-17(23)5-4-11-10(3)12-7-13(20)15(22)8-16(12)27-19(11)26/h7-9,14,22H,4-6H2,1-3H3,(H,21,23)(H,24,25). The maximum Gasteiger partial charge on any atom is 0.339 e. The van der Waals surface area contributed by atoms with E-state index in [0.717, 1.165) is 0 Å². The zero-order chi connectivity index (χ0) is 20.3. The van der Waals surface area contributed by atoms with Crippen LogP contribution in [0.3, 0.4) is 0 Å². The topological polar surface area (TPSA) is 117 Å². The molecule has 1 heterocycles. The first-order valence-corrected chi connectivity index (χ1v) is 8.95. The Bertz CT molecular complexity index is 934. The molecule has 1 aromatic heterocycles. The van der Waals surface area contributed by atoms with Crippen LogP contribution in [0.4, 0.5) is 0 Å². The van der Waals surface area contributed by atoms with Crippen molar-refractivity contribution >= 4 is 34.4 Å². The largest absolute Gasteiger partial charge is 0.506 e. The first kappa shape index (κ1) is 20.8. The van der Waals surface area contributed by atoms with E-state index in [4.69, 9.17) is 16.0 Å². The van der Waals surface area contributed by atoms with Crippen LogP contribution in [0.15, 0.2) is 21.3 Å². The van der Waals surface area contributed by atoms with E-state index in [2.05, 4.69) is 5.32 Å². The number of carboxylic acids is 1. The summed E-state index contributed by atoms with van der Waals surface area (Å²) in [6, 6.07) is 1.80. The second-order valence-corrected chi connectivity index (χ2v) is 7.29. The molecule has 0 fully saturated rings. The number of carbonyl (C=O) groups is 2. The minimum absolute atomic E-state index is 0.0508. The van der Waals surface area contributed by atoms with Crippen LogP contribution in [-0.2, 0) is 16.0 Å². The summed E-state index contributed by atoms with van der Waals surface area (Å²) in [4.78, 5) is 35.6. The highest BCUT2D eigenvalue weighted by Gasteiger charge is 2.21. The molecule has 2 rings (SSSR count). The second kappa shape index (κ2) is 8.43. The van der Waals surface area contributed by atoms with E-state index in [9.17, 15) is 24.6 Å². The Hall–Kier alpha value is -2.54. The molecule has 7 nitrogen and oxygen atoms in total. The van der Waals surface area contributed by atoms with Crippen LogP contribution in [0.25, 0.3) is 11.0 Å². The molecule has 1 atom stereocenters. The van der Waals surface area contributed by atoms with Gasteiger partial charge in [-0.3, -0.25) is 4.79 Å². The predicted octanol–water partition coefficient (Wildman–Crippen LogP) is 3.01. The van der Waals surface area contributed by atoms with Gasteiger partial charge in [0.15, 0.2) is 0 Å². The van der Waals surface area contributed by atoms with Crippen molar-refractivity contribution < 1.29 is 24.2 Å². The third-order valence-electron chi connectivity index (χ3n) is 4.30. The summed E-state index contributed by atoms with van der Waals surface area (Å²) in [6.07, 6.45) is 0.369. The number of phenolic OH excluding ortho intramolecular Hbond substituents is 1. The average molecular weight is 396 g/mol. The molecule has 146 valence electrons. The minimum Gasteiger partial charge on any atom is -0.506 e. The van der Waals surface area contributed by atoms with Gasteiger partial charge in [0.2, 0.25) is 5.91 Å². The van der Waals surface area contributed by atoms with Crippen LogP contribution in [0.1, 0.15) is 37.8 Å². The molecule has 0 bridgehead atoms. The molecule has 1 aromatic carbocycles. The molecule has 0 saturated carbocycles. The van der Waals surface area contributed by atoms with E-state index in [1.54, 1.807) is 6.92 Å². The molecular weight excluding hydrogens is 374 g/mol. The van der Waals surface area contributed by atoms with Gasteiger partial charge in [-0.2, -0.15) is 0 Å². The summed E-state index contributed by atoms with van der Waals surface area (Å²) in [5.74, 6) is -1.62. The van der Waals surface area contributed by atoms with E-state index in [1.165, 1.54) is 12.1 Å². The molecule has 27 heavy (non-hydrogen) atoms. The van der Waals surface area contributed by atoms with E-state index in [0.29, 0.717) is 22.9 Å². The Morgan fingerprint density at radius 2 is 1.96 bits per heavy atom. The van der Waals surface area contributed by atoms with Crippen molar-refractivity contribution in [3.63, 3.8) is 0 Å². The fourth-order valence-electron chi connectivity index (χ4n) is 2.88. The summed E-state index contributed by atoms with van der Waals surface area (Å²) in [7, 11) is 0. The van der Waals surface area contributed by atoms with Crippen LogP contribution < -0.4 is 10.9 Å². The van der Waals surface area contributed by atoms with Gasteiger partial charge in [0.05, 0.1) is 5.02 Å². The fraction of sp³-hybridized carbons (Fsp3) is 0.421. The molecule has 3 N–H and O–H groups in total. The number of carbonyl (C=O) groups excluding carboxylic acids is 1. The predicted molar refractivity (Wildman–Crippen MR) is 101 cm³/mol. The van der Waals surface area contributed by atoms with Gasteiger partial charge < -0.3 is 19.9 Å². The van der Waals surface area contributed by atoms with Crippen molar-refractivity contribution in [1.82, 2.24) is 5.32 Å². The summed E-state index contributed by atoms with van der Waals surface area (Å²) in [5, 5.41) is 22.0. The highest BCUT2D eigenvalue weighted by Crippen LogP contribution is 2.30. The van der Waals surface area contributed by atoms with Crippen LogP contribution in [0.2, 0.25) is 5.02 Å². The number of amides is 1. The van der Waals surface area contributed by atoms with Gasteiger partial charge in [-0.15, -0.1) is 0 Å². The molecule has 0 aliphatic heterocycles. The number of hydrogen-bond donors (Lipinski definition) is 3. The summed E-state index contributed by atoms with van der Waals surface area (Å²) < 4.78 is 5.21. The number of aliphatic carboxylic acids is 1. The number of phenols is 1. The molecule has 8 heteroatoms. The smallest absolute Gasteiger partial charge is 0.339 e. The average Bonchev–Trinajstić information content (AvgIpc) is 2.55. The third-order valence-corrected chi connectivity index (χ3v) is 4.60. The number of hydrogen-bond acceptors (Lipinski definition) is 5. The molecule has 0 saturated heterocycles. The first-order chi connectivity index (χ1) is 12.6. The van der Waals surface area contributed by atoms with Gasteiger partial charge in [-0.1, -0.05) is 25.4 Å². The van der Waals surface area contributed by atoms with Gasteiger partial charge >= 0.3 is 11.6 Å². The summed E-state index contributed by atoms with van der Waals surface area (Å²) >= 11 is 5.92. The first-order valence-electron chi connectivity index (χ1n) is 8.57. The Morgan fingerprint density at radius 1 is 1.30 bits per heavy atom. The lowest BCUT2D eigenvalue weighted by Gasteiger charge is -2.16. The molecule has 0 aliphatic rings. The second-order valence-electron chi connectivity index (χ2n) is 6.88. The molecule has 1 unspecified atom stereocenters. The van der Waals surface area contributed by atoms with Gasteiger partial charge in [-0.25, -0.2) is 9.59 Å². The normalized spacial score (nSPS) is 12.3. The van der Waals surface area contributed by atoms with Crippen LogP contribution in [0, 0.1) is 12.8 Å². The molecular formula is C19H22ClNO6. The lowest BCUT2D eigenvalue weighted by atomic mass is 10.0. The highest BCUT2D eigenvalue weighted by molar-refractivity contribution is 6.32. The maximum atomic E-state index is 12.2. The minimum atomic E-state index is -1.09. The van der Waals surface area contributed by atoms with Crippen LogP contribution >= 0.6 is 11.6 Å². The number of rotatable bonds is 7. The van der Waals surface area contributed by atoms with E-state index >= 15 is 0 Å². The number of carboxylic acid groups (broad SMARTS) is 1. The molecule has 2 aromatic rings. The Morgan fingerprint density at radius 3 is 2.56 bits per heavy atom. The Labute approximate surface area is 160 Å². The lowest BCUT2D eigenvalue weighted by molar-refractivity contribution is -0.142. The fourth-order valence-corrected chi connectivity index (χ4v) is 3.05. The van der Waals surface area contributed by atoms with Gasteiger partial charge in [0, 0.05) is 23.4 Å².